The van der Waals surface area contributed by atoms with Gasteiger partial charge in [0.1, 0.15) is 5.01 Å². The van der Waals surface area contributed by atoms with Crippen LogP contribution in [-0.4, -0.2) is 82.6 Å². The van der Waals surface area contributed by atoms with Crippen LogP contribution >= 0.6 is 11.3 Å². The average Bonchev–Trinajstić information content (AvgIpc) is 3.34. The van der Waals surface area contributed by atoms with Crippen molar-refractivity contribution in [2.45, 2.75) is 6.54 Å². The fraction of sp³-hybridized carbons (Fsp3) is 0.280. The molecule has 0 bridgehead atoms. The maximum Gasteiger partial charge on any atom is 0.414 e. The lowest BCUT2D eigenvalue weighted by Gasteiger charge is -2.34. The van der Waals surface area contributed by atoms with Crippen LogP contribution in [0.25, 0.3) is 11.3 Å². The molecule has 1 amide bonds. The number of carbonyl (C=O) groups is 3. The first kappa shape index (κ1) is 26.0. The van der Waals surface area contributed by atoms with Crippen molar-refractivity contribution in [3.05, 3.63) is 71.1 Å². The maximum atomic E-state index is 12.6. The number of carboxylic acid groups (broad SMARTS) is 2. The molecule has 35 heavy (non-hydrogen) atoms. The van der Waals surface area contributed by atoms with Crippen LogP contribution in [0.3, 0.4) is 0 Å². The number of rotatable bonds is 6. The predicted molar refractivity (Wildman–Crippen MR) is 134 cm³/mol. The molecule has 2 N–H and O–H groups in total. The molecule has 0 spiro atoms. The second kappa shape index (κ2) is 12.7. The Labute approximate surface area is 207 Å². The van der Waals surface area contributed by atoms with E-state index in [1.54, 1.807) is 16.2 Å². The van der Waals surface area contributed by atoms with Gasteiger partial charge in [0.25, 0.3) is 0 Å². The summed E-state index contributed by atoms with van der Waals surface area (Å²) in [6, 6.07) is 20.1. The molecule has 4 rings (SSSR count). The predicted octanol–water partition coefficient (Wildman–Crippen LogP) is 2.75. The van der Waals surface area contributed by atoms with Gasteiger partial charge in [0.05, 0.1) is 18.8 Å². The van der Waals surface area contributed by atoms with Gasteiger partial charge in [0, 0.05) is 49.9 Å². The molecule has 1 fully saturated rings. The van der Waals surface area contributed by atoms with Crippen molar-refractivity contribution < 1.29 is 24.6 Å². The molecule has 0 atom stereocenters. The minimum atomic E-state index is -1.82. The molecule has 9 nitrogen and oxygen atoms in total. The second-order valence-electron chi connectivity index (χ2n) is 7.94. The normalized spacial score (nSPS) is 14.0. The van der Waals surface area contributed by atoms with Gasteiger partial charge in [-0.3, -0.25) is 14.6 Å². The fourth-order valence-electron chi connectivity index (χ4n) is 3.51. The Hall–Kier alpha value is -3.60. The number of anilines is 1. The number of piperazine rings is 1. The van der Waals surface area contributed by atoms with Gasteiger partial charge in [-0.15, -0.1) is 11.3 Å². The van der Waals surface area contributed by atoms with Crippen molar-refractivity contribution in [3.8, 4) is 11.3 Å². The molecule has 3 aromatic rings. The molecule has 0 unspecified atom stereocenters. The Morgan fingerprint density at radius 3 is 2.00 bits per heavy atom. The van der Waals surface area contributed by atoms with Crippen LogP contribution in [-0.2, 0) is 20.9 Å². The van der Waals surface area contributed by atoms with E-state index in [0.29, 0.717) is 6.54 Å². The number of aromatic nitrogens is 1. The van der Waals surface area contributed by atoms with Gasteiger partial charge in [0.15, 0.2) is 0 Å². The zero-order valence-corrected chi connectivity index (χ0v) is 20.2. The van der Waals surface area contributed by atoms with Crippen molar-refractivity contribution in [3.63, 3.8) is 0 Å². The summed E-state index contributed by atoms with van der Waals surface area (Å²) in [5, 5.41) is 18.1. The van der Waals surface area contributed by atoms with Crippen LogP contribution in [0.1, 0.15) is 5.01 Å². The van der Waals surface area contributed by atoms with E-state index in [-0.39, 0.29) is 5.91 Å². The first-order valence-corrected chi connectivity index (χ1v) is 11.9. The number of hydrogen-bond acceptors (Lipinski definition) is 7. The molecule has 2 aromatic carbocycles. The highest BCUT2D eigenvalue weighted by Gasteiger charge is 2.21. The number of aliphatic carboxylic acids is 2. The number of amides is 1. The van der Waals surface area contributed by atoms with Gasteiger partial charge in [-0.1, -0.05) is 48.5 Å². The second-order valence-corrected chi connectivity index (χ2v) is 8.89. The van der Waals surface area contributed by atoms with Gasteiger partial charge in [0.2, 0.25) is 5.91 Å². The Morgan fingerprint density at radius 2 is 1.43 bits per heavy atom. The van der Waals surface area contributed by atoms with Crippen LogP contribution < -0.4 is 4.90 Å². The summed E-state index contributed by atoms with van der Waals surface area (Å²) in [5.41, 5.74) is 3.16. The SMILES string of the molecule is CN(C(=O)CN1CCN(Cc2nc(-c3ccccc3)cs2)CC1)c1ccccc1.O=C(O)C(=O)O. The van der Waals surface area contributed by atoms with E-state index in [9.17, 15) is 4.79 Å². The summed E-state index contributed by atoms with van der Waals surface area (Å²) in [6.45, 7) is 5.08. The molecule has 0 radical (unpaired) electrons. The number of hydrogen-bond donors (Lipinski definition) is 2. The van der Waals surface area contributed by atoms with Gasteiger partial charge in [-0.25, -0.2) is 14.6 Å². The third kappa shape index (κ3) is 7.99. The Morgan fingerprint density at radius 1 is 0.886 bits per heavy atom. The lowest BCUT2D eigenvalue weighted by molar-refractivity contribution is -0.159. The Bertz CT molecular complexity index is 1100. The largest absolute Gasteiger partial charge is 0.473 e. The quantitative estimate of drug-likeness (QED) is 0.501. The first-order valence-electron chi connectivity index (χ1n) is 11.1. The zero-order valence-electron chi connectivity index (χ0n) is 19.4. The maximum absolute atomic E-state index is 12.6. The summed E-state index contributed by atoms with van der Waals surface area (Å²) >= 11 is 1.72. The molecule has 0 aliphatic carbocycles. The summed E-state index contributed by atoms with van der Waals surface area (Å²) in [4.78, 5) is 42.0. The van der Waals surface area contributed by atoms with Crippen LogP contribution in [0.4, 0.5) is 5.69 Å². The van der Waals surface area contributed by atoms with E-state index < -0.39 is 11.9 Å². The first-order chi connectivity index (χ1) is 16.8. The third-order valence-corrected chi connectivity index (χ3v) is 6.34. The van der Waals surface area contributed by atoms with E-state index in [4.69, 9.17) is 24.8 Å². The molecule has 10 heteroatoms. The van der Waals surface area contributed by atoms with E-state index in [1.165, 1.54) is 5.56 Å². The standard InChI is InChI=1S/C23H26N4OS.C2H2O4/c1-25(20-10-6-3-7-11-20)23(28)17-27-14-12-26(13-15-27)16-22-24-21(18-29-22)19-8-4-2-5-9-19;3-1(4)2(5)6/h2-11,18H,12-17H2,1H3;(H,3,4)(H,5,6). The number of carboxylic acids is 2. The van der Waals surface area contributed by atoms with Crippen molar-refractivity contribution in [1.29, 1.82) is 0 Å². The lowest BCUT2D eigenvalue weighted by atomic mass is 10.2. The molecule has 1 aromatic heterocycles. The van der Waals surface area contributed by atoms with Crippen molar-refractivity contribution in [1.82, 2.24) is 14.8 Å². The number of nitrogens with zero attached hydrogens (tertiary/aromatic N) is 4. The summed E-state index contributed by atoms with van der Waals surface area (Å²) in [7, 11) is 1.85. The number of carbonyl (C=O) groups excluding carboxylic acids is 1. The highest BCUT2D eigenvalue weighted by Crippen LogP contribution is 2.22. The zero-order chi connectivity index (χ0) is 25.2. The van der Waals surface area contributed by atoms with Gasteiger partial charge < -0.3 is 15.1 Å². The van der Waals surface area contributed by atoms with Crippen LogP contribution in [0.2, 0.25) is 0 Å². The molecule has 2 heterocycles. The third-order valence-electron chi connectivity index (χ3n) is 5.50. The van der Waals surface area contributed by atoms with Crippen LogP contribution in [0.15, 0.2) is 66.0 Å². The van der Waals surface area contributed by atoms with Crippen molar-refractivity contribution >= 4 is 34.9 Å². The summed E-state index contributed by atoms with van der Waals surface area (Å²) in [5.74, 6) is -3.51. The summed E-state index contributed by atoms with van der Waals surface area (Å²) < 4.78 is 0. The molecule has 1 aliphatic rings. The molecule has 1 aliphatic heterocycles. The molecule has 184 valence electrons. The van der Waals surface area contributed by atoms with Crippen molar-refractivity contribution in [2.24, 2.45) is 0 Å². The molecule has 1 saturated heterocycles. The Balaban J connectivity index is 0.000000509. The topological polar surface area (TPSA) is 114 Å². The smallest absolute Gasteiger partial charge is 0.414 e. The van der Waals surface area contributed by atoms with Crippen molar-refractivity contribution in [2.75, 3.05) is 44.7 Å². The van der Waals surface area contributed by atoms with E-state index in [0.717, 1.165) is 49.1 Å². The van der Waals surface area contributed by atoms with E-state index in [2.05, 4.69) is 27.3 Å². The van der Waals surface area contributed by atoms with Crippen LogP contribution in [0.5, 0.6) is 0 Å². The molecule has 0 saturated carbocycles. The number of likely N-dealkylation sites (N-methyl/N-ethyl adjacent to an activating group) is 1. The van der Waals surface area contributed by atoms with Crippen LogP contribution in [0, 0.1) is 0 Å². The van der Waals surface area contributed by atoms with Gasteiger partial charge >= 0.3 is 11.9 Å². The molecular formula is C25H28N4O5S. The molecular weight excluding hydrogens is 468 g/mol. The number of thiazole rings is 1. The summed E-state index contributed by atoms with van der Waals surface area (Å²) in [6.07, 6.45) is 0. The van der Waals surface area contributed by atoms with Gasteiger partial charge in [-0.2, -0.15) is 0 Å². The Kier molecular flexibility index (Phi) is 9.47. The minimum absolute atomic E-state index is 0.136. The average molecular weight is 497 g/mol. The minimum Gasteiger partial charge on any atom is -0.473 e. The highest BCUT2D eigenvalue weighted by molar-refractivity contribution is 7.09. The number of benzene rings is 2. The number of para-hydroxylation sites is 1. The van der Waals surface area contributed by atoms with E-state index in [1.807, 2.05) is 55.6 Å². The highest BCUT2D eigenvalue weighted by atomic mass is 32.1. The monoisotopic (exact) mass is 496 g/mol. The van der Waals surface area contributed by atoms with Gasteiger partial charge in [-0.05, 0) is 12.1 Å². The van der Waals surface area contributed by atoms with E-state index >= 15 is 0 Å². The lowest BCUT2D eigenvalue weighted by Crippen LogP contribution is -2.49. The fourth-order valence-corrected chi connectivity index (χ4v) is 4.36.